The van der Waals surface area contributed by atoms with Gasteiger partial charge in [0.1, 0.15) is 11.6 Å². The van der Waals surface area contributed by atoms with E-state index in [-0.39, 0.29) is 12.5 Å². The third-order valence-electron chi connectivity index (χ3n) is 6.04. The highest BCUT2D eigenvalue weighted by Crippen LogP contribution is 2.34. The summed E-state index contributed by atoms with van der Waals surface area (Å²) in [6.45, 7) is 2.27. The molecule has 4 N–H and O–H groups in total. The minimum atomic E-state index is -0.968. The van der Waals surface area contributed by atoms with Crippen LogP contribution in [0.25, 0.3) is 17.7 Å². The number of pyridine rings is 1. The van der Waals surface area contributed by atoms with Crippen LogP contribution in [-0.4, -0.2) is 33.3 Å². The van der Waals surface area contributed by atoms with Gasteiger partial charge in [0.15, 0.2) is 11.6 Å². The number of hydrogen-bond acceptors (Lipinski definition) is 5. The van der Waals surface area contributed by atoms with Crippen molar-refractivity contribution < 1.29 is 18.4 Å². The summed E-state index contributed by atoms with van der Waals surface area (Å²) in [4.78, 5) is 36.7. The number of nitrogens with zero attached hydrogens (tertiary/aromatic N) is 2. The first-order chi connectivity index (χ1) is 18.9. The lowest BCUT2D eigenvalue weighted by Crippen LogP contribution is -2.24. The van der Waals surface area contributed by atoms with E-state index in [1.807, 2.05) is 37.3 Å². The SMILES string of the molecule is Cc1ncc(/C=C2\C(=O)Nc3cc(/C=C/CNc4ncccc4C(=O)NCc4ccc(F)c(F)c4)ccc32)[nH]1. The molecule has 2 aromatic heterocycles. The molecular weight excluding hydrogens is 502 g/mol. The van der Waals surface area contributed by atoms with Crippen molar-refractivity contribution in [2.24, 2.45) is 0 Å². The summed E-state index contributed by atoms with van der Waals surface area (Å²) in [7, 11) is 0. The summed E-state index contributed by atoms with van der Waals surface area (Å²) in [6.07, 6.45) is 8.79. The normalized spacial score (nSPS) is 13.5. The van der Waals surface area contributed by atoms with Crippen LogP contribution in [-0.2, 0) is 11.3 Å². The third kappa shape index (κ3) is 5.90. The molecule has 0 fully saturated rings. The molecule has 3 heterocycles. The Hall–Kier alpha value is -5.12. The molecule has 0 saturated heterocycles. The molecule has 4 aromatic rings. The number of aromatic amines is 1. The van der Waals surface area contributed by atoms with Crippen LogP contribution < -0.4 is 16.0 Å². The number of aromatic nitrogens is 3. The molecule has 39 heavy (non-hydrogen) atoms. The average Bonchev–Trinajstić information content (AvgIpc) is 3.48. The first-order valence-electron chi connectivity index (χ1n) is 12.1. The molecule has 0 unspecified atom stereocenters. The van der Waals surface area contributed by atoms with E-state index < -0.39 is 17.5 Å². The van der Waals surface area contributed by atoms with Crippen LogP contribution in [0.2, 0.25) is 0 Å². The van der Waals surface area contributed by atoms with Gasteiger partial charge in [-0.15, -0.1) is 0 Å². The van der Waals surface area contributed by atoms with Gasteiger partial charge in [0.2, 0.25) is 0 Å². The van der Waals surface area contributed by atoms with Crippen molar-refractivity contribution in [1.29, 1.82) is 0 Å². The predicted molar refractivity (Wildman–Crippen MR) is 146 cm³/mol. The molecule has 2 amide bonds. The second-order valence-corrected chi connectivity index (χ2v) is 8.86. The number of benzene rings is 2. The summed E-state index contributed by atoms with van der Waals surface area (Å²) >= 11 is 0. The smallest absolute Gasteiger partial charge is 0.256 e. The third-order valence-corrected chi connectivity index (χ3v) is 6.04. The fraction of sp³-hybridized carbons (Fsp3) is 0.103. The Bertz CT molecular complexity index is 1630. The molecule has 1 aliphatic rings. The van der Waals surface area contributed by atoms with E-state index >= 15 is 0 Å². The molecule has 0 spiro atoms. The first-order valence-corrected chi connectivity index (χ1v) is 12.1. The molecule has 0 bridgehead atoms. The van der Waals surface area contributed by atoms with Gasteiger partial charge in [0.05, 0.1) is 23.0 Å². The zero-order valence-corrected chi connectivity index (χ0v) is 20.9. The number of amides is 2. The number of imidazole rings is 1. The Labute approximate surface area is 222 Å². The van der Waals surface area contributed by atoms with E-state index in [1.54, 1.807) is 30.6 Å². The van der Waals surface area contributed by atoms with Gasteiger partial charge in [-0.05, 0) is 54.5 Å². The summed E-state index contributed by atoms with van der Waals surface area (Å²) in [5, 5.41) is 8.71. The number of nitrogens with one attached hydrogen (secondary N) is 4. The number of carbonyl (C=O) groups excluding carboxylic acids is 2. The Morgan fingerprint density at radius 3 is 2.74 bits per heavy atom. The van der Waals surface area contributed by atoms with Crippen molar-refractivity contribution >= 4 is 41.0 Å². The summed E-state index contributed by atoms with van der Waals surface area (Å²) in [5.41, 5.74) is 4.51. The Morgan fingerprint density at radius 1 is 1.08 bits per heavy atom. The Kier molecular flexibility index (Phi) is 7.26. The highest BCUT2D eigenvalue weighted by molar-refractivity contribution is 6.34. The van der Waals surface area contributed by atoms with Crippen molar-refractivity contribution in [2.45, 2.75) is 13.5 Å². The largest absolute Gasteiger partial charge is 0.366 e. The zero-order valence-electron chi connectivity index (χ0n) is 20.9. The predicted octanol–water partition coefficient (Wildman–Crippen LogP) is 4.94. The van der Waals surface area contributed by atoms with Crippen LogP contribution in [0.3, 0.4) is 0 Å². The molecule has 0 saturated carbocycles. The highest BCUT2D eigenvalue weighted by Gasteiger charge is 2.24. The van der Waals surface area contributed by atoms with Gasteiger partial charge >= 0.3 is 0 Å². The monoisotopic (exact) mass is 526 g/mol. The summed E-state index contributed by atoms with van der Waals surface area (Å²) < 4.78 is 26.6. The maximum absolute atomic E-state index is 13.4. The standard InChI is InChI=1S/C29H24F2N6O2/c1-17-34-16-20(36-17)14-23-21-8-6-18(13-26(21)37-29(23)39)4-2-10-32-27-22(5-3-11-33-27)28(38)35-15-19-7-9-24(30)25(31)12-19/h2-9,11-14,16H,10,15H2,1H3,(H,32,33)(H,34,36)(H,35,38)(H,37,39)/b4-2+,23-14-. The van der Waals surface area contributed by atoms with Crippen LogP contribution in [0.5, 0.6) is 0 Å². The highest BCUT2D eigenvalue weighted by atomic mass is 19.2. The lowest BCUT2D eigenvalue weighted by Gasteiger charge is -2.10. The average molecular weight is 527 g/mol. The number of aryl methyl sites for hydroxylation is 1. The minimum Gasteiger partial charge on any atom is -0.366 e. The second-order valence-electron chi connectivity index (χ2n) is 8.86. The molecular formula is C29H24F2N6O2. The molecule has 2 aromatic carbocycles. The molecule has 0 aliphatic carbocycles. The topological polar surface area (TPSA) is 112 Å². The van der Waals surface area contributed by atoms with E-state index in [2.05, 4.69) is 30.9 Å². The van der Waals surface area contributed by atoms with E-state index in [1.165, 1.54) is 6.07 Å². The van der Waals surface area contributed by atoms with Crippen molar-refractivity contribution in [3.8, 4) is 0 Å². The van der Waals surface area contributed by atoms with Gasteiger partial charge in [0.25, 0.3) is 11.8 Å². The molecule has 5 rings (SSSR count). The van der Waals surface area contributed by atoms with Crippen molar-refractivity contribution in [1.82, 2.24) is 20.3 Å². The fourth-order valence-electron chi connectivity index (χ4n) is 4.13. The van der Waals surface area contributed by atoms with Crippen molar-refractivity contribution in [2.75, 3.05) is 17.2 Å². The zero-order chi connectivity index (χ0) is 27.4. The molecule has 0 atom stereocenters. The quantitative estimate of drug-likeness (QED) is 0.243. The van der Waals surface area contributed by atoms with Crippen molar-refractivity contribution in [3.05, 3.63) is 112 Å². The fourth-order valence-corrected chi connectivity index (χ4v) is 4.13. The first kappa shape index (κ1) is 25.5. The van der Waals surface area contributed by atoms with E-state index in [0.29, 0.717) is 29.1 Å². The molecule has 1 aliphatic heterocycles. The maximum Gasteiger partial charge on any atom is 0.256 e. The number of fused-ring (bicyclic) bond motifs is 1. The summed E-state index contributed by atoms with van der Waals surface area (Å²) in [5.74, 6) is -1.33. The Balaban J connectivity index is 1.21. The summed E-state index contributed by atoms with van der Waals surface area (Å²) in [6, 6.07) is 12.4. The van der Waals surface area contributed by atoms with Gasteiger partial charge in [-0.2, -0.15) is 0 Å². The van der Waals surface area contributed by atoms with Crippen LogP contribution in [0.4, 0.5) is 20.3 Å². The van der Waals surface area contributed by atoms with Crippen LogP contribution in [0.1, 0.15) is 38.6 Å². The van der Waals surface area contributed by atoms with Crippen LogP contribution in [0, 0.1) is 18.6 Å². The molecule has 8 nitrogen and oxygen atoms in total. The number of H-pyrrole nitrogens is 1. The molecule has 0 radical (unpaired) electrons. The lowest BCUT2D eigenvalue weighted by molar-refractivity contribution is -0.110. The van der Waals surface area contributed by atoms with E-state index in [4.69, 9.17) is 0 Å². The number of carbonyl (C=O) groups is 2. The lowest BCUT2D eigenvalue weighted by atomic mass is 10.0. The number of rotatable bonds is 8. The molecule has 196 valence electrons. The van der Waals surface area contributed by atoms with Gasteiger partial charge < -0.3 is 20.9 Å². The van der Waals surface area contributed by atoms with Gasteiger partial charge in [-0.1, -0.05) is 30.4 Å². The minimum absolute atomic E-state index is 0.0393. The second kappa shape index (κ2) is 11.1. The van der Waals surface area contributed by atoms with E-state index in [0.717, 1.165) is 40.5 Å². The number of anilines is 2. The van der Waals surface area contributed by atoms with Crippen molar-refractivity contribution in [3.63, 3.8) is 0 Å². The van der Waals surface area contributed by atoms with Gasteiger partial charge in [0, 0.05) is 30.5 Å². The van der Waals surface area contributed by atoms with Crippen LogP contribution >= 0.6 is 0 Å². The van der Waals surface area contributed by atoms with Gasteiger partial charge in [-0.25, -0.2) is 18.7 Å². The number of hydrogen-bond donors (Lipinski definition) is 4. The van der Waals surface area contributed by atoms with Gasteiger partial charge in [-0.3, -0.25) is 9.59 Å². The molecule has 10 heteroatoms. The van der Waals surface area contributed by atoms with Crippen LogP contribution in [0.15, 0.2) is 67.0 Å². The van der Waals surface area contributed by atoms with E-state index in [9.17, 15) is 18.4 Å². The Morgan fingerprint density at radius 2 is 1.95 bits per heavy atom. The maximum atomic E-state index is 13.4. The number of halogens is 2.